The number of carbonyl (C=O) groups is 1. The molecule has 1 amide bonds. The summed E-state index contributed by atoms with van der Waals surface area (Å²) in [5.74, 6) is 0.0665. The molecule has 0 bridgehead atoms. The summed E-state index contributed by atoms with van der Waals surface area (Å²) in [5.41, 5.74) is 7.96. The van der Waals surface area contributed by atoms with E-state index in [0.717, 1.165) is 11.4 Å². The van der Waals surface area contributed by atoms with Gasteiger partial charge in [-0.3, -0.25) is 4.79 Å². The van der Waals surface area contributed by atoms with Crippen LogP contribution in [0.3, 0.4) is 0 Å². The number of primary amides is 1. The maximum absolute atomic E-state index is 11.0. The van der Waals surface area contributed by atoms with E-state index in [1.807, 2.05) is 24.6 Å². The van der Waals surface area contributed by atoms with Crippen molar-refractivity contribution in [1.82, 2.24) is 4.57 Å². The number of nitrogens with zero attached hydrogens (tertiary/aromatic N) is 1. The number of amides is 1. The Morgan fingerprint density at radius 1 is 1.54 bits per heavy atom. The fraction of sp³-hybridized carbons (Fsp3) is 0.500. The quantitative estimate of drug-likeness (QED) is 0.737. The molecule has 1 aromatic heterocycles. The van der Waals surface area contributed by atoms with Crippen LogP contribution in [0.1, 0.15) is 41.5 Å². The lowest BCUT2D eigenvalue weighted by Crippen LogP contribution is -2.11. The first-order valence-corrected chi connectivity index (χ1v) is 4.41. The molecule has 1 rings (SSSR count). The smallest absolute Gasteiger partial charge is 0.250 e. The van der Waals surface area contributed by atoms with Crippen molar-refractivity contribution in [1.29, 1.82) is 0 Å². The Balaban J connectivity index is 3.28. The molecule has 0 aliphatic rings. The van der Waals surface area contributed by atoms with E-state index in [4.69, 9.17) is 5.73 Å². The molecule has 13 heavy (non-hydrogen) atoms. The normalized spacial score (nSPS) is 10.8. The maximum atomic E-state index is 11.0. The lowest BCUT2D eigenvalue weighted by Gasteiger charge is -2.07. The third-order valence-electron chi connectivity index (χ3n) is 2.43. The van der Waals surface area contributed by atoms with E-state index in [1.54, 1.807) is 0 Å². The van der Waals surface area contributed by atoms with Crippen molar-refractivity contribution in [3.8, 4) is 0 Å². The molecule has 0 fully saturated rings. The highest BCUT2D eigenvalue weighted by Crippen LogP contribution is 2.20. The van der Waals surface area contributed by atoms with Crippen molar-refractivity contribution in [2.24, 2.45) is 12.8 Å². The minimum absolute atomic E-state index is 0.347. The van der Waals surface area contributed by atoms with Gasteiger partial charge in [0, 0.05) is 18.4 Å². The molecular formula is C10H16N2O. The number of aromatic nitrogens is 1. The van der Waals surface area contributed by atoms with Crippen LogP contribution in [-0.2, 0) is 7.05 Å². The summed E-state index contributed by atoms with van der Waals surface area (Å²) in [6.45, 7) is 6.10. The van der Waals surface area contributed by atoms with Crippen LogP contribution in [0.4, 0.5) is 0 Å². The molecule has 0 unspecified atom stereocenters. The fourth-order valence-corrected chi connectivity index (χ4v) is 1.53. The minimum Gasteiger partial charge on any atom is -0.366 e. The molecule has 1 aromatic rings. The number of nitrogens with two attached hydrogens (primary N) is 1. The zero-order chi connectivity index (χ0) is 10.2. The van der Waals surface area contributed by atoms with Crippen molar-refractivity contribution in [2.45, 2.75) is 26.7 Å². The van der Waals surface area contributed by atoms with Crippen LogP contribution < -0.4 is 5.73 Å². The topological polar surface area (TPSA) is 48.0 Å². The van der Waals surface area contributed by atoms with E-state index in [9.17, 15) is 4.79 Å². The van der Waals surface area contributed by atoms with Gasteiger partial charge in [0.1, 0.15) is 0 Å². The molecule has 3 nitrogen and oxygen atoms in total. The van der Waals surface area contributed by atoms with Crippen LogP contribution >= 0.6 is 0 Å². The molecule has 0 aliphatic heterocycles. The van der Waals surface area contributed by atoms with Crippen molar-refractivity contribution in [3.05, 3.63) is 23.0 Å². The maximum Gasteiger partial charge on any atom is 0.250 e. The average Bonchev–Trinajstić information content (AvgIpc) is 2.29. The molecule has 72 valence electrons. The Labute approximate surface area is 78.5 Å². The van der Waals surface area contributed by atoms with Crippen molar-refractivity contribution in [3.63, 3.8) is 0 Å². The predicted molar refractivity (Wildman–Crippen MR) is 52.8 cm³/mol. The van der Waals surface area contributed by atoms with Crippen LogP contribution in [-0.4, -0.2) is 10.5 Å². The Morgan fingerprint density at radius 2 is 2.08 bits per heavy atom. The number of hydrogen-bond donors (Lipinski definition) is 1. The first-order valence-electron chi connectivity index (χ1n) is 4.41. The molecule has 3 heteroatoms. The third-order valence-corrected chi connectivity index (χ3v) is 2.43. The summed E-state index contributed by atoms with van der Waals surface area (Å²) in [6, 6.07) is 1.88. The highest BCUT2D eigenvalue weighted by molar-refractivity contribution is 5.94. The van der Waals surface area contributed by atoms with Gasteiger partial charge in [-0.2, -0.15) is 0 Å². The molecule has 0 spiro atoms. The van der Waals surface area contributed by atoms with Crippen LogP contribution in [0.5, 0.6) is 0 Å². The Morgan fingerprint density at radius 3 is 2.31 bits per heavy atom. The third kappa shape index (κ3) is 1.59. The molecule has 0 aromatic carbocycles. The van der Waals surface area contributed by atoms with E-state index < -0.39 is 0 Å². The van der Waals surface area contributed by atoms with Crippen LogP contribution in [0.15, 0.2) is 6.07 Å². The van der Waals surface area contributed by atoms with Crippen molar-refractivity contribution in [2.75, 3.05) is 0 Å². The van der Waals surface area contributed by atoms with Crippen LogP contribution in [0.25, 0.3) is 0 Å². The van der Waals surface area contributed by atoms with Gasteiger partial charge in [0.25, 0.3) is 5.91 Å². The molecule has 1 heterocycles. The molecule has 2 N–H and O–H groups in total. The molecule has 0 radical (unpaired) electrons. The van der Waals surface area contributed by atoms with Crippen molar-refractivity contribution >= 4 is 5.91 Å². The predicted octanol–water partition coefficient (Wildman–Crippen LogP) is 1.56. The van der Waals surface area contributed by atoms with Crippen LogP contribution in [0.2, 0.25) is 0 Å². The standard InChI is InChI=1S/C10H16N2O/c1-6(2)9-5-8(10(11)13)7(3)12(9)4/h5-6H,1-4H3,(H2,11,13). The highest BCUT2D eigenvalue weighted by atomic mass is 16.1. The highest BCUT2D eigenvalue weighted by Gasteiger charge is 2.14. The van der Waals surface area contributed by atoms with E-state index in [1.165, 1.54) is 0 Å². The number of rotatable bonds is 2. The fourth-order valence-electron chi connectivity index (χ4n) is 1.53. The second kappa shape index (κ2) is 3.24. The average molecular weight is 180 g/mol. The summed E-state index contributed by atoms with van der Waals surface area (Å²) < 4.78 is 2.02. The van der Waals surface area contributed by atoms with Crippen molar-refractivity contribution < 1.29 is 4.79 Å². The first-order chi connectivity index (χ1) is 5.95. The summed E-state index contributed by atoms with van der Waals surface area (Å²) in [6.07, 6.45) is 0. The second-order valence-corrected chi connectivity index (χ2v) is 3.65. The monoisotopic (exact) mass is 180 g/mol. The first kappa shape index (κ1) is 9.84. The van der Waals surface area contributed by atoms with Gasteiger partial charge in [0.15, 0.2) is 0 Å². The van der Waals surface area contributed by atoms with Gasteiger partial charge in [-0.25, -0.2) is 0 Å². The van der Waals surface area contributed by atoms with Gasteiger partial charge in [0.05, 0.1) is 5.56 Å². The summed E-state index contributed by atoms with van der Waals surface area (Å²) in [5, 5.41) is 0. The zero-order valence-electron chi connectivity index (χ0n) is 8.59. The molecule has 0 saturated carbocycles. The second-order valence-electron chi connectivity index (χ2n) is 3.65. The summed E-state index contributed by atoms with van der Waals surface area (Å²) >= 11 is 0. The molecular weight excluding hydrogens is 164 g/mol. The van der Waals surface area contributed by atoms with E-state index in [0.29, 0.717) is 11.5 Å². The van der Waals surface area contributed by atoms with Crippen LogP contribution in [0, 0.1) is 6.92 Å². The van der Waals surface area contributed by atoms with E-state index >= 15 is 0 Å². The number of carbonyl (C=O) groups excluding carboxylic acids is 1. The van der Waals surface area contributed by atoms with E-state index in [-0.39, 0.29) is 5.91 Å². The summed E-state index contributed by atoms with van der Waals surface area (Å²) in [7, 11) is 1.96. The van der Waals surface area contributed by atoms with Gasteiger partial charge in [-0.05, 0) is 18.9 Å². The Bertz CT molecular complexity index is 337. The van der Waals surface area contributed by atoms with Gasteiger partial charge in [-0.1, -0.05) is 13.8 Å². The Hall–Kier alpha value is -1.25. The van der Waals surface area contributed by atoms with Gasteiger partial charge < -0.3 is 10.3 Å². The van der Waals surface area contributed by atoms with E-state index in [2.05, 4.69) is 13.8 Å². The van der Waals surface area contributed by atoms with Gasteiger partial charge in [0.2, 0.25) is 0 Å². The zero-order valence-corrected chi connectivity index (χ0v) is 8.59. The summed E-state index contributed by atoms with van der Waals surface area (Å²) in [4.78, 5) is 11.0. The molecule has 0 aliphatic carbocycles. The lowest BCUT2D eigenvalue weighted by molar-refractivity contribution is 0.0999. The van der Waals surface area contributed by atoms with Gasteiger partial charge in [-0.15, -0.1) is 0 Å². The largest absolute Gasteiger partial charge is 0.366 e. The Kier molecular flexibility index (Phi) is 2.45. The molecule has 0 saturated heterocycles. The number of hydrogen-bond acceptors (Lipinski definition) is 1. The molecule has 0 atom stereocenters. The SMILES string of the molecule is Cc1c(C(N)=O)cc(C(C)C)n1C. The lowest BCUT2D eigenvalue weighted by atomic mass is 10.1. The minimum atomic E-state index is -0.347. The van der Waals surface area contributed by atoms with Gasteiger partial charge >= 0.3 is 0 Å².